The summed E-state index contributed by atoms with van der Waals surface area (Å²) in [4.78, 5) is 15.2. The van der Waals surface area contributed by atoms with Crippen LogP contribution >= 0.6 is 0 Å². The predicted molar refractivity (Wildman–Crippen MR) is 101 cm³/mol. The highest BCUT2D eigenvalue weighted by Gasteiger charge is 2.29. The Morgan fingerprint density at radius 2 is 1.77 bits per heavy atom. The largest absolute Gasteiger partial charge is 0.350 e. The Hall–Kier alpha value is -1.38. The average molecular weight is 383 g/mol. The van der Waals surface area contributed by atoms with E-state index in [1.54, 1.807) is 11.6 Å². The van der Waals surface area contributed by atoms with Crippen molar-refractivity contribution in [2.45, 2.75) is 37.5 Å². The lowest BCUT2D eigenvalue weighted by Gasteiger charge is -2.20. The van der Waals surface area contributed by atoms with Crippen molar-refractivity contribution >= 4 is 15.9 Å². The van der Waals surface area contributed by atoms with Gasteiger partial charge in [-0.1, -0.05) is 6.92 Å². The number of hydrogen-bond acceptors (Lipinski definition) is 4. The Balaban J connectivity index is 1.60. The van der Waals surface area contributed by atoms with Gasteiger partial charge in [-0.2, -0.15) is 4.31 Å². The highest BCUT2D eigenvalue weighted by molar-refractivity contribution is 7.89. The van der Waals surface area contributed by atoms with E-state index in [2.05, 4.69) is 17.1 Å². The van der Waals surface area contributed by atoms with Gasteiger partial charge in [-0.25, -0.2) is 8.42 Å². The van der Waals surface area contributed by atoms with Gasteiger partial charge in [0.15, 0.2) is 0 Å². The molecule has 1 atom stereocenters. The number of nitrogens with zero attached hydrogens (tertiary/aromatic N) is 3. The number of sulfonamides is 1. The summed E-state index contributed by atoms with van der Waals surface area (Å²) in [6.45, 7) is 7.13. The summed E-state index contributed by atoms with van der Waals surface area (Å²) >= 11 is 0. The molecule has 0 aromatic carbocycles. The Morgan fingerprint density at radius 1 is 1.15 bits per heavy atom. The first-order chi connectivity index (χ1) is 12.4. The Labute approximate surface area is 156 Å². The van der Waals surface area contributed by atoms with Gasteiger partial charge in [-0.3, -0.25) is 4.79 Å². The van der Waals surface area contributed by atoms with Crippen LogP contribution in [-0.4, -0.2) is 67.4 Å². The molecule has 0 radical (unpaired) electrons. The number of hydrogen-bond donors (Lipinski definition) is 1. The Kier molecular flexibility index (Phi) is 6.04. The molecule has 1 aromatic heterocycles. The summed E-state index contributed by atoms with van der Waals surface area (Å²) in [5, 5.41) is 2.95. The minimum absolute atomic E-state index is 0.206. The van der Waals surface area contributed by atoms with Crippen molar-refractivity contribution < 1.29 is 13.2 Å². The number of aryl methyl sites for hydroxylation is 1. The topological polar surface area (TPSA) is 74.6 Å². The van der Waals surface area contributed by atoms with E-state index in [0.717, 1.165) is 32.5 Å². The van der Waals surface area contributed by atoms with E-state index in [0.29, 0.717) is 31.2 Å². The van der Waals surface area contributed by atoms with Gasteiger partial charge in [-0.05, 0) is 50.8 Å². The Morgan fingerprint density at radius 3 is 2.42 bits per heavy atom. The van der Waals surface area contributed by atoms with Crippen molar-refractivity contribution in [2.75, 3.05) is 39.3 Å². The SMILES string of the molecule is CC(CNC(=O)c1cc(S(=O)(=O)N2CCCC2)cn1C)CN1CCCC1. The first-order valence-electron chi connectivity index (χ1n) is 9.55. The monoisotopic (exact) mass is 382 g/mol. The van der Waals surface area contributed by atoms with Crippen molar-refractivity contribution in [3.8, 4) is 0 Å². The maximum Gasteiger partial charge on any atom is 0.267 e. The number of amides is 1. The third kappa shape index (κ3) is 4.29. The maximum absolute atomic E-state index is 12.7. The molecule has 0 aliphatic carbocycles. The maximum atomic E-state index is 12.7. The van der Waals surface area contributed by atoms with E-state index in [1.165, 1.54) is 29.4 Å². The smallest absolute Gasteiger partial charge is 0.267 e. The van der Waals surface area contributed by atoms with Crippen molar-refractivity contribution in [3.05, 3.63) is 18.0 Å². The van der Waals surface area contributed by atoms with Gasteiger partial charge in [0, 0.05) is 39.4 Å². The molecule has 2 aliphatic heterocycles. The number of carbonyl (C=O) groups excluding carboxylic acids is 1. The molecular formula is C18H30N4O3S. The summed E-state index contributed by atoms with van der Waals surface area (Å²) in [6.07, 6.45) is 5.85. The van der Waals surface area contributed by atoms with E-state index in [9.17, 15) is 13.2 Å². The van der Waals surface area contributed by atoms with Crippen molar-refractivity contribution in [2.24, 2.45) is 13.0 Å². The summed E-state index contributed by atoms with van der Waals surface area (Å²) in [5.74, 6) is 0.147. The number of carbonyl (C=O) groups is 1. The summed E-state index contributed by atoms with van der Waals surface area (Å²) in [6, 6.07) is 1.49. The van der Waals surface area contributed by atoms with Gasteiger partial charge < -0.3 is 14.8 Å². The zero-order valence-electron chi connectivity index (χ0n) is 15.8. The van der Waals surface area contributed by atoms with Crippen molar-refractivity contribution in [1.82, 2.24) is 19.1 Å². The molecule has 2 saturated heterocycles. The van der Waals surface area contributed by atoms with Crippen molar-refractivity contribution in [3.63, 3.8) is 0 Å². The molecule has 7 nitrogen and oxygen atoms in total. The van der Waals surface area contributed by atoms with Gasteiger partial charge in [0.2, 0.25) is 10.0 Å². The van der Waals surface area contributed by atoms with Crippen LogP contribution in [0.1, 0.15) is 43.1 Å². The van der Waals surface area contributed by atoms with Crippen LogP contribution in [0, 0.1) is 5.92 Å². The highest BCUT2D eigenvalue weighted by atomic mass is 32.2. The van der Waals surface area contributed by atoms with Gasteiger partial charge in [0.25, 0.3) is 5.91 Å². The lowest BCUT2D eigenvalue weighted by Crippen LogP contribution is -2.35. The molecule has 26 heavy (non-hydrogen) atoms. The second-order valence-corrected chi connectivity index (χ2v) is 9.54. The number of nitrogens with one attached hydrogen (secondary N) is 1. The Bertz CT molecular complexity index is 732. The lowest BCUT2D eigenvalue weighted by atomic mass is 10.1. The molecule has 0 spiro atoms. The zero-order valence-corrected chi connectivity index (χ0v) is 16.6. The van der Waals surface area contributed by atoms with E-state index in [1.807, 2.05) is 0 Å². The molecule has 8 heteroatoms. The molecule has 1 N–H and O–H groups in total. The van der Waals surface area contributed by atoms with Crippen LogP contribution < -0.4 is 5.32 Å². The molecule has 0 bridgehead atoms. The highest BCUT2D eigenvalue weighted by Crippen LogP contribution is 2.22. The second kappa shape index (κ2) is 8.10. The van der Waals surface area contributed by atoms with Crippen LogP contribution in [0.15, 0.2) is 17.2 Å². The fraction of sp³-hybridized carbons (Fsp3) is 0.722. The molecule has 1 aromatic rings. The summed E-state index contributed by atoms with van der Waals surface area (Å²) in [7, 11) is -1.78. The third-order valence-electron chi connectivity index (χ3n) is 5.29. The number of aromatic nitrogens is 1. The first kappa shape index (κ1) is 19.4. The zero-order chi connectivity index (χ0) is 18.7. The van der Waals surface area contributed by atoms with Crippen molar-refractivity contribution in [1.29, 1.82) is 0 Å². The predicted octanol–water partition coefficient (Wildman–Crippen LogP) is 1.27. The standard InChI is InChI=1S/C18H30N4O3S/c1-15(13-21-7-3-4-8-21)12-19-18(23)17-11-16(14-20(17)2)26(24,25)22-9-5-6-10-22/h11,14-15H,3-10,12-13H2,1-2H3,(H,19,23). The molecule has 2 aliphatic rings. The quantitative estimate of drug-likeness (QED) is 0.771. The molecule has 3 heterocycles. The average Bonchev–Trinajstić information content (AvgIpc) is 3.34. The molecule has 1 amide bonds. The van der Waals surface area contributed by atoms with Crippen LogP contribution in [0.4, 0.5) is 0 Å². The molecule has 2 fully saturated rings. The van der Waals surface area contributed by atoms with Crippen LogP contribution in [0.2, 0.25) is 0 Å². The minimum atomic E-state index is -3.50. The lowest BCUT2D eigenvalue weighted by molar-refractivity contribution is 0.0937. The van der Waals surface area contributed by atoms with Crippen LogP contribution in [-0.2, 0) is 17.1 Å². The molecule has 0 saturated carbocycles. The third-order valence-corrected chi connectivity index (χ3v) is 7.16. The van der Waals surface area contributed by atoms with E-state index < -0.39 is 10.0 Å². The normalized spacial score (nSPS) is 20.5. The van der Waals surface area contributed by atoms with Gasteiger partial charge in [0.05, 0.1) is 0 Å². The van der Waals surface area contributed by atoms with E-state index in [-0.39, 0.29) is 10.8 Å². The van der Waals surface area contributed by atoms with E-state index in [4.69, 9.17) is 0 Å². The minimum Gasteiger partial charge on any atom is -0.350 e. The van der Waals surface area contributed by atoms with Crippen LogP contribution in [0.5, 0.6) is 0 Å². The summed E-state index contributed by atoms with van der Waals surface area (Å²) < 4.78 is 28.4. The molecular weight excluding hydrogens is 352 g/mol. The molecule has 146 valence electrons. The van der Waals surface area contributed by atoms with Crippen LogP contribution in [0.25, 0.3) is 0 Å². The first-order valence-corrected chi connectivity index (χ1v) is 11.0. The fourth-order valence-corrected chi connectivity index (χ4v) is 5.40. The number of likely N-dealkylation sites (tertiary alicyclic amines) is 1. The summed E-state index contributed by atoms with van der Waals surface area (Å²) in [5.41, 5.74) is 0.385. The fourth-order valence-electron chi connectivity index (χ4n) is 3.81. The number of rotatable bonds is 7. The van der Waals surface area contributed by atoms with Crippen LogP contribution in [0.3, 0.4) is 0 Å². The van der Waals surface area contributed by atoms with Gasteiger partial charge in [0.1, 0.15) is 10.6 Å². The van der Waals surface area contributed by atoms with Gasteiger partial charge >= 0.3 is 0 Å². The molecule has 3 rings (SSSR count). The van der Waals surface area contributed by atoms with Gasteiger partial charge in [-0.15, -0.1) is 0 Å². The molecule has 1 unspecified atom stereocenters. The second-order valence-electron chi connectivity index (χ2n) is 7.61. The van der Waals surface area contributed by atoms with E-state index >= 15 is 0 Å².